The molecule has 2 heterocycles. The molecule has 0 saturated carbocycles. The summed E-state index contributed by atoms with van der Waals surface area (Å²) >= 11 is 0. The van der Waals surface area contributed by atoms with E-state index in [1.807, 2.05) is 0 Å². The van der Waals surface area contributed by atoms with Crippen molar-refractivity contribution < 1.29 is 14.3 Å². The Morgan fingerprint density at radius 2 is 2.16 bits per heavy atom. The van der Waals surface area contributed by atoms with Gasteiger partial charge in [0.1, 0.15) is 19.0 Å². The minimum atomic E-state index is -0.173. The summed E-state index contributed by atoms with van der Waals surface area (Å²) in [7, 11) is 0. The van der Waals surface area contributed by atoms with E-state index in [0.717, 1.165) is 0 Å². The Morgan fingerprint density at radius 1 is 1.32 bits per heavy atom. The molecule has 19 heavy (non-hydrogen) atoms. The number of ether oxygens (including phenoxy) is 2. The van der Waals surface area contributed by atoms with Gasteiger partial charge in [-0.3, -0.25) is 4.79 Å². The summed E-state index contributed by atoms with van der Waals surface area (Å²) in [5.41, 5.74) is 0.538. The highest BCUT2D eigenvalue weighted by molar-refractivity contribution is 5.94. The Hall–Kier alpha value is -2.50. The van der Waals surface area contributed by atoms with Crippen LogP contribution in [0.5, 0.6) is 11.5 Å². The summed E-state index contributed by atoms with van der Waals surface area (Å²) in [6.45, 7) is 1.40. The third kappa shape index (κ3) is 2.52. The number of carbonyl (C=O) groups excluding carboxylic acids is 1. The Bertz CT molecular complexity index is 581. The number of fused-ring (bicyclic) bond motifs is 1. The second-order valence-corrected chi connectivity index (χ2v) is 4.08. The van der Waals surface area contributed by atoms with Gasteiger partial charge in [-0.15, -0.1) is 0 Å². The molecule has 0 atom stereocenters. The Balaban J connectivity index is 1.69. The van der Waals surface area contributed by atoms with Crippen LogP contribution < -0.4 is 14.8 Å². The molecule has 6 nitrogen and oxygen atoms in total. The maximum atomic E-state index is 12.0. The van der Waals surface area contributed by atoms with Crippen LogP contribution in [0.1, 0.15) is 16.2 Å². The van der Waals surface area contributed by atoms with Gasteiger partial charge in [0.05, 0.1) is 6.54 Å². The third-order valence-corrected chi connectivity index (χ3v) is 2.78. The highest BCUT2D eigenvalue weighted by Crippen LogP contribution is 2.30. The van der Waals surface area contributed by atoms with Crippen molar-refractivity contribution in [2.24, 2.45) is 0 Å². The van der Waals surface area contributed by atoms with E-state index in [9.17, 15) is 4.79 Å². The molecule has 0 spiro atoms. The second-order valence-electron chi connectivity index (χ2n) is 4.08. The SMILES string of the molecule is O=C(NCc1ncc[nH]1)c1ccc2c(c1)OCCO2. The van der Waals surface area contributed by atoms with Gasteiger partial charge in [0.25, 0.3) is 5.91 Å². The summed E-state index contributed by atoms with van der Waals surface area (Å²) in [5, 5.41) is 2.78. The fraction of sp³-hybridized carbons (Fsp3) is 0.231. The number of benzene rings is 1. The highest BCUT2D eigenvalue weighted by Gasteiger charge is 2.14. The van der Waals surface area contributed by atoms with Crippen LogP contribution in [0.15, 0.2) is 30.6 Å². The lowest BCUT2D eigenvalue weighted by molar-refractivity contribution is 0.0948. The molecule has 0 radical (unpaired) electrons. The van der Waals surface area contributed by atoms with E-state index >= 15 is 0 Å². The first-order valence-corrected chi connectivity index (χ1v) is 5.99. The van der Waals surface area contributed by atoms with Crippen LogP contribution >= 0.6 is 0 Å². The van der Waals surface area contributed by atoms with Crippen molar-refractivity contribution in [1.82, 2.24) is 15.3 Å². The molecule has 1 aromatic carbocycles. The molecular weight excluding hydrogens is 246 g/mol. The zero-order valence-electron chi connectivity index (χ0n) is 10.2. The van der Waals surface area contributed by atoms with E-state index in [2.05, 4.69) is 15.3 Å². The van der Waals surface area contributed by atoms with Crippen LogP contribution in [0.2, 0.25) is 0 Å². The Labute approximate surface area is 109 Å². The minimum Gasteiger partial charge on any atom is -0.486 e. The second kappa shape index (κ2) is 5.01. The van der Waals surface area contributed by atoms with Crippen molar-refractivity contribution in [2.75, 3.05) is 13.2 Å². The number of aromatic amines is 1. The number of hydrogen-bond donors (Lipinski definition) is 2. The quantitative estimate of drug-likeness (QED) is 0.865. The molecule has 1 aliphatic heterocycles. The molecule has 0 fully saturated rings. The van der Waals surface area contributed by atoms with Gasteiger partial charge in [-0.2, -0.15) is 0 Å². The molecule has 0 bridgehead atoms. The van der Waals surface area contributed by atoms with Crippen LogP contribution in [0.4, 0.5) is 0 Å². The normalized spacial score (nSPS) is 13.1. The first-order chi connectivity index (χ1) is 9.33. The molecule has 2 N–H and O–H groups in total. The number of carbonyl (C=O) groups is 1. The molecule has 1 aliphatic rings. The van der Waals surface area contributed by atoms with Crippen LogP contribution in [0.25, 0.3) is 0 Å². The van der Waals surface area contributed by atoms with Crippen molar-refractivity contribution in [1.29, 1.82) is 0 Å². The molecule has 6 heteroatoms. The summed E-state index contributed by atoms with van der Waals surface area (Å²) in [6.07, 6.45) is 3.36. The van der Waals surface area contributed by atoms with Gasteiger partial charge >= 0.3 is 0 Å². The van der Waals surface area contributed by atoms with Crippen LogP contribution in [-0.2, 0) is 6.54 Å². The highest BCUT2D eigenvalue weighted by atomic mass is 16.6. The smallest absolute Gasteiger partial charge is 0.251 e. The summed E-state index contributed by atoms with van der Waals surface area (Å²) in [5.74, 6) is 1.82. The number of nitrogens with zero attached hydrogens (tertiary/aromatic N) is 1. The number of rotatable bonds is 3. The Morgan fingerprint density at radius 3 is 2.95 bits per heavy atom. The van der Waals surface area contributed by atoms with Crippen LogP contribution in [0.3, 0.4) is 0 Å². The zero-order valence-corrected chi connectivity index (χ0v) is 10.2. The van der Waals surface area contributed by atoms with Gasteiger partial charge in [-0.25, -0.2) is 4.98 Å². The molecule has 0 unspecified atom stereocenters. The van der Waals surface area contributed by atoms with E-state index < -0.39 is 0 Å². The van der Waals surface area contributed by atoms with Gasteiger partial charge in [0, 0.05) is 18.0 Å². The number of hydrogen-bond acceptors (Lipinski definition) is 4. The van der Waals surface area contributed by atoms with Crippen molar-refractivity contribution >= 4 is 5.91 Å². The number of imidazole rings is 1. The molecule has 3 rings (SSSR count). The van der Waals surface area contributed by atoms with E-state index in [1.165, 1.54) is 0 Å². The van der Waals surface area contributed by atoms with Gasteiger partial charge in [0.2, 0.25) is 0 Å². The van der Waals surface area contributed by atoms with Gasteiger partial charge in [-0.05, 0) is 18.2 Å². The number of aromatic nitrogens is 2. The molecule has 0 saturated heterocycles. The Kier molecular flexibility index (Phi) is 3.06. The van der Waals surface area contributed by atoms with Gasteiger partial charge < -0.3 is 19.8 Å². The standard InChI is InChI=1S/C13H13N3O3/c17-13(16-8-12-14-3-4-15-12)9-1-2-10-11(7-9)19-6-5-18-10/h1-4,7H,5-6,8H2,(H,14,15)(H,16,17). The summed E-state index contributed by atoms with van der Waals surface area (Å²) < 4.78 is 10.8. The fourth-order valence-electron chi connectivity index (χ4n) is 1.85. The van der Waals surface area contributed by atoms with Crippen molar-refractivity contribution in [3.63, 3.8) is 0 Å². The average molecular weight is 259 g/mol. The number of amides is 1. The van der Waals surface area contributed by atoms with Crippen molar-refractivity contribution in [2.45, 2.75) is 6.54 Å². The third-order valence-electron chi connectivity index (χ3n) is 2.78. The predicted molar refractivity (Wildman–Crippen MR) is 67.2 cm³/mol. The molecule has 0 aliphatic carbocycles. The number of H-pyrrole nitrogens is 1. The molecule has 1 amide bonds. The number of nitrogens with one attached hydrogen (secondary N) is 2. The van der Waals surface area contributed by atoms with Crippen LogP contribution in [-0.4, -0.2) is 29.1 Å². The predicted octanol–water partition coefficient (Wildman–Crippen LogP) is 1.11. The topological polar surface area (TPSA) is 76.2 Å². The lowest BCUT2D eigenvalue weighted by Crippen LogP contribution is -2.24. The fourth-order valence-corrected chi connectivity index (χ4v) is 1.85. The van der Waals surface area contributed by atoms with Crippen LogP contribution in [0, 0.1) is 0 Å². The average Bonchev–Trinajstić information content (AvgIpc) is 2.97. The lowest BCUT2D eigenvalue weighted by Gasteiger charge is -2.18. The molecule has 2 aromatic rings. The van der Waals surface area contributed by atoms with Gasteiger partial charge in [0.15, 0.2) is 11.5 Å². The van der Waals surface area contributed by atoms with Crippen molar-refractivity contribution in [3.8, 4) is 11.5 Å². The lowest BCUT2D eigenvalue weighted by atomic mass is 10.2. The summed E-state index contributed by atoms with van der Waals surface area (Å²) in [4.78, 5) is 18.9. The zero-order chi connectivity index (χ0) is 13.1. The minimum absolute atomic E-state index is 0.173. The first kappa shape index (κ1) is 11.6. The molecular formula is C13H13N3O3. The largest absolute Gasteiger partial charge is 0.486 e. The summed E-state index contributed by atoms with van der Waals surface area (Å²) in [6, 6.07) is 5.15. The monoisotopic (exact) mass is 259 g/mol. The van der Waals surface area contributed by atoms with E-state index in [0.29, 0.717) is 42.6 Å². The van der Waals surface area contributed by atoms with Crippen molar-refractivity contribution in [3.05, 3.63) is 42.0 Å². The molecule has 1 aromatic heterocycles. The maximum Gasteiger partial charge on any atom is 0.251 e. The maximum absolute atomic E-state index is 12.0. The first-order valence-electron chi connectivity index (χ1n) is 5.99. The molecule has 98 valence electrons. The van der Waals surface area contributed by atoms with E-state index in [4.69, 9.17) is 9.47 Å². The van der Waals surface area contributed by atoms with E-state index in [-0.39, 0.29) is 5.91 Å². The van der Waals surface area contributed by atoms with E-state index in [1.54, 1.807) is 30.6 Å². The van der Waals surface area contributed by atoms with Gasteiger partial charge in [-0.1, -0.05) is 0 Å².